The maximum absolute atomic E-state index is 16.6. The predicted octanol–water partition coefficient (Wildman–Crippen LogP) is 5.12. The number of halogens is 2. The zero-order chi connectivity index (χ0) is 27.4. The molecular formula is C31H32F2N6O. The van der Waals surface area contributed by atoms with E-state index in [1.165, 1.54) is 6.07 Å². The Balaban J connectivity index is 1.41. The lowest BCUT2D eigenvalue weighted by Crippen LogP contribution is -2.42. The van der Waals surface area contributed by atoms with Crippen LogP contribution in [0.4, 0.5) is 20.5 Å². The van der Waals surface area contributed by atoms with E-state index in [-0.39, 0.29) is 40.1 Å². The van der Waals surface area contributed by atoms with Crippen LogP contribution in [-0.2, 0) is 6.42 Å². The first-order valence-corrected chi connectivity index (χ1v) is 14.3. The van der Waals surface area contributed by atoms with Crippen LogP contribution >= 0.6 is 0 Å². The molecule has 0 saturated carbocycles. The summed E-state index contributed by atoms with van der Waals surface area (Å²) < 4.78 is 31.5. The van der Waals surface area contributed by atoms with E-state index in [1.807, 2.05) is 0 Å². The average Bonchev–Trinajstić information content (AvgIpc) is 3.62. The van der Waals surface area contributed by atoms with Gasteiger partial charge in [0.2, 0.25) is 5.95 Å². The summed E-state index contributed by atoms with van der Waals surface area (Å²) in [6.07, 6.45) is 14.3. The Bertz CT molecular complexity index is 1580. The SMILES string of the molecule is C#CC1=C(F)CCc2cc(O)cc(-c3ncc4c(N5CCCCC5)nc(N5CCC6(CCCN6)C5)nc4c3F)c21. The van der Waals surface area contributed by atoms with E-state index in [1.54, 1.807) is 12.3 Å². The molecule has 2 aromatic heterocycles. The van der Waals surface area contributed by atoms with Gasteiger partial charge >= 0.3 is 0 Å². The first-order valence-electron chi connectivity index (χ1n) is 14.3. The minimum absolute atomic E-state index is 0.00769. The molecule has 3 fully saturated rings. The lowest BCUT2D eigenvalue weighted by molar-refractivity contribution is 0.418. The highest BCUT2D eigenvalue weighted by Crippen LogP contribution is 2.43. The van der Waals surface area contributed by atoms with E-state index in [0.717, 1.165) is 71.2 Å². The Morgan fingerprint density at radius 3 is 2.62 bits per heavy atom. The minimum Gasteiger partial charge on any atom is -0.508 e. The van der Waals surface area contributed by atoms with Crippen LogP contribution in [0.1, 0.15) is 56.1 Å². The second-order valence-corrected chi connectivity index (χ2v) is 11.5. The number of phenolic OH excluding ortho intramolecular Hbond substituents is 1. The summed E-state index contributed by atoms with van der Waals surface area (Å²) in [6, 6.07) is 2.98. The normalized spacial score (nSPS) is 22.8. The van der Waals surface area contributed by atoms with E-state index < -0.39 is 11.6 Å². The van der Waals surface area contributed by atoms with E-state index in [9.17, 15) is 9.50 Å². The van der Waals surface area contributed by atoms with Crippen molar-refractivity contribution in [2.45, 2.75) is 56.9 Å². The maximum atomic E-state index is 16.6. The third-order valence-corrected chi connectivity index (χ3v) is 9.02. The Morgan fingerprint density at radius 1 is 1.00 bits per heavy atom. The number of nitrogens with one attached hydrogen (secondary N) is 1. The molecule has 4 aliphatic rings. The summed E-state index contributed by atoms with van der Waals surface area (Å²) in [6.45, 7) is 4.28. The number of nitrogens with zero attached hydrogens (tertiary/aromatic N) is 5. The van der Waals surface area contributed by atoms with Crippen molar-refractivity contribution in [3.05, 3.63) is 41.1 Å². The van der Waals surface area contributed by atoms with Crippen molar-refractivity contribution >= 4 is 28.2 Å². The molecule has 3 aliphatic heterocycles. The second-order valence-electron chi connectivity index (χ2n) is 11.5. The minimum atomic E-state index is -0.623. The third-order valence-electron chi connectivity index (χ3n) is 9.02. The van der Waals surface area contributed by atoms with Crippen molar-refractivity contribution in [1.29, 1.82) is 0 Å². The number of allylic oxidation sites excluding steroid dienone is 2. The number of piperidine rings is 1. The highest BCUT2D eigenvalue weighted by molar-refractivity contribution is 5.96. The first kappa shape index (κ1) is 25.2. The molecule has 7 rings (SSSR count). The van der Waals surface area contributed by atoms with Gasteiger partial charge < -0.3 is 20.2 Å². The number of pyridine rings is 1. The number of phenols is 1. The molecule has 7 nitrogen and oxygen atoms in total. The van der Waals surface area contributed by atoms with Crippen LogP contribution in [0.5, 0.6) is 5.75 Å². The molecule has 1 spiro atoms. The number of aryl methyl sites for hydroxylation is 1. The number of anilines is 2. The number of terminal acetylenes is 1. The molecule has 2 N–H and O–H groups in total. The van der Waals surface area contributed by atoms with Crippen LogP contribution in [0, 0.1) is 18.2 Å². The zero-order valence-corrected chi connectivity index (χ0v) is 22.4. The van der Waals surface area contributed by atoms with Crippen molar-refractivity contribution in [3.8, 4) is 29.4 Å². The molecule has 1 atom stereocenters. The van der Waals surface area contributed by atoms with E-state index in [0.29, 0.717) is 34.7 Å². The molecule has 3 saturated heterocycles. The molecule has 40 heavy (non-hydrogen) atoms. The molecule has 1 aromatic carbocycles. The molecule has 0 radical (unpaired) electrons. The van der Waals surface area contributed by atoms with Gasteiger partial charge in [-0.3, -0.25) is 4.98 Å². The van der Waals surface area contributed by atoms with Crippen molar-refractivity contribution in [2.75, 3.05) is 42.5 Å². The van der Waals surface area contributed by atoms with Gasteiger partial charge in [-0.05, 0) is 69.2 Å². The summed E-state index contributed by atoms with van der Waals surface area (Å²) in [5.41, 5.74) is 1.67. The fourth-order valence-electron chi connectivity index (χ4n) is 6.99. The van der Waals surface area contributed by atoms with Gasteiger partial charge in [-0.15, -0.1) is 6.42 Å². The van der Waals surface area contributed by atoms with Crippen LogP contribution in [0.25, 0.3) is 27.7 Å². The van der Waals surface area contributed by atoms with Gasteiger partial charge in [0.15, 0.2) is 5.82 Å². The van der Waals surface area contributed by atoms with Crippen molar-refractivity contribution < 1.29 is 13.9 Å². The number of aromatic nitrogens is 3. The summed E-state index contributed by atoms with van der Waals surface area (Å²) in [5.74, 6) is 2.58. The summed E-state index contributed by atoms with van der Waals surface area (Å²) in [4.78, 5) is 18.7. The number of benzene rings is 1. The third kappa shape index (κ3) is 4.08. The van der Waals surface area contributed by atoms with Gasteiger partial charge in [0.05, 0.1) is 11.0 Å². The topological polar surface area (TPSA) is 77.4 Å². The predicted molar refractivity (Wildman–Crippen MR) is 152 cm³/mol. The van der Waals surface area contributed by atoms with Gasteiger partial charge in [0.25, 0.3) is 0 Å². The quantitative estimate of drug-likeness (QED) is 0.445. The van der Waals surface area contributed by atoms with Crippen LogP contribution in [0.15, 0.2) is 24.2 Å². The van der Waals surface area contributed by atoms with E-state index >= 15 is 4.39 Å². The Labute approximate surface area is 232 Å². The largest absolute Gasteiger partial charge is 0.508 e. The molecule has 206 valence electrons. The highest BCUT2D eigenvalue weighted by atomic mass is 19.1. The fourth-order valence-corrected chi connectivity index (χ4v) is 6.99. The van der Waals surface area contributed by atoms with E-state index in [2.05, 4.69) is 26.0 Å². The summed E-state index contributed by atoms with van der Waals surface area (Å²) in [7, 11) is 0. The van der Waals surface area contributed by atoms with E-state index in [4.69, 9.17) is 16.4 Å². The van der Waals surface area contributed by atoms with Gasteiger partial charge in [-0.1, -0.05) is 5.92 Å². The summed E-state index contributed by atoms with van der Waals surface area (Å²) in [5, 5.41) is 14.7. The summed E-state index contributed by atoms with van der Waals surface area (Å²) >= 11 is 0. The number of hydrogen-bond donors (Lipinski definition) is 2. The molecule has 0 amide bonds. The molecule has 9 heteroatoms. The number of fused-ring (bicyclic) bond motifs is 2. The number of aromatic hydroxyl groups is 1. The second kappa shape index (κ2) is 9.70. The smallest absolute Gasteiger partial charge is 0.228 e. The van der Waals surface area contributed by atoms with Gasteiger partial charge in [0, 0.05) is 55.5 Å². The molecule has 0 bridgehead atoms. The number of hydrogen-bond acceptors (Lipinski definition) is 7. The van der Waals surface area contributed by atoms with Crippen molar-refractivity contribution in [2.24, 2.45) is 0 Å². The Kier molecular flexibility index (Phi) is 6.12. The first-order chi connectivity index (χ1) is 19.5. The van der Waals surface area contributed by atoms with Crippen molar-refractivity contribution in [3.63, 3.8) is 0 Å². The maximum Gasteiger partial charge on any atom is 0.228 e. The van der Waals surface area contributed by atoms with Crippen molar-refractivity contribution in [1.82, 2.24) is 20.3 Å². The molecule has 5 heterocycles. The lowest BCUT2D eigenvalue weighted by Gasteiger charge is -2.30. The van der Waals surface area contributed by atoms with Gasteiger partial charge in [-0.2, -0.15) is 4.98 Å². The number of rotatable bonds is 3. The fraction of sp³-hybridized carbons (Fsp3) is 0.452. The van der Waals surface area contributed by atoms with Gasteiger partial charge in [-0.25, -0.2) is 13.8 Å². The van der Waals surface area contributed by atoms with Crippen LogP contribution in [0.2, 0.25) is 0 Å². The molecule has 1 unspecified atom stereocenters. The molecule has 1 aliphatic carbocycles. The zero-order valence-electron chi connectivity index (χ0n) is 22.4. The Hall–Kier alpha value is -3.77. The van der Waals surface area contributed by atoms with Crippen LogP contribution < -0.4 is 15.1 Å². The molecule has 3 aromatic rings. The lowest BCUT2D eigenvalue weighted by atomic mass is 9.85. The Morgan fingerprint density at radius 2 is 1.85 bits per heavy atom. The average molecular weight is 543 g/mol. The van der Waals surface area contributed by atoms with Crippen LogP contribution in [0.3, 0.4) is 0 Å². The molecular weight excluding hydrogens is 510 g/mol. The standard InChI is InChI=1S/C31H32F2N6O/c1-2-21-24(32)8-7-19-15-20(40)16-22(25(19)21)27-26(33)28-23(17-34-27)29(38-12-4-3-5-13-38)37-30(36-28)39-14-10-31(18-39)9-6-11-35-31/h1,15-17,35,40H,3-14,18H2. The van der Waals surface area contributed by atoms with Crippen LogP contribution in [-0.4, -0.2) is 58.3 Å². The highest BCUT2D eigenvalue weighted by Gasteiger charge is 2.41. The monoisotopic (exact) mass is 542 g/mol. The van der Waals surface area contributed by atoms with Gasteiger partial charge in [0.1, 0.15) is 28.6 Å².